The molecule has 1 rings (SSSR count). The minimum atomic E-state index is -4.47. The summed E-state index contributed by atoms with van der Waals surface area (Å²) in [5.41, 5.74) is -0.370. The zero-order valence-corrected chi connectivity index (χ0v) is 12.7. The van der Waals surface area contributed by atoms with Crippen molar-refractivity contribution in [3.63, 3.8) is 0 Å². The van der Waals surface area contributed by atoms with Crippen molar-refractivity contribution in [2.45, 2.75) is 45.3 Å². The van der Waals surface area contributed by atoms with Crippen LogP contribution in [0.4, 0.5) is 18.9 Å². The van der Waals surface area contributed by atoms with Gasteiger partial charge in [0.2, 0.25) is 0 Å². The molecule has 0 fully saturated rings. The molecule has 0 aliphatic heterocycles. The number of halogens is 4. The lowest BCUT2D eigenvalue weighted by Crippen LogP contribution is -2.31. The molecule has 0 bridgehead atoms. The minimum Gasteiger partial charge on any atom is -0.383 e. The van der Waals surface area contributed by atoms with E-state index in [4.69, 9.17) is 0 Å². The van der Waals surface area contributed by atoms with E-state index in [1.54, 1.807) is 0 Å². The first kappa shape index (κ1) is 17.0. The Morgan fingerprint density at radius 3 is 2.65 bits per heavy atom. The first-order chi connectivity index (χ1) is 9.35. The molecule has 0 atom stereocenters. The normalized spacial score (nSPS) is 11.7. The third kappa shape index (κ3) is 5.52. The molecule has 0 aromatic carbocycles. The fourth-order valence-electron chi connectivity index (χ4n) is 1.65. The van der Waals surface area contributed by atoms with E-state index in [9.17, 15) is 18.0 Å². The molecule has 4 nitrogen and oxygen atoms in total. The Morgan fingerprint density at radius 1 is 1.35 bits per heavy atom. The van der Waals surface area contributed by atoms with Gasteiger partial charge in [-0.15, -0.1) is 0 Å². The van der Waals surface area contributed by atoms with Crippen LogP contribution in [0, 0.1) is 0 Å². The van der Waals surface area contributed by atoms with Crippen molar-refractivity contribution in [1.29, 1.82) is 0 Å². The van der Waals surface area contributed by atoms with E-state index < -0.39 is 18.3 Å². The number of nitrogens with one attached hydrogen (secondary N) is 1. The predicted octanol–water partition coefficient (Wildman–Crippen LogP) is 3.56. The van der Waals surface area contributed by atoms with Gasteiger partial charge in [-0.25, -0.2) is 4.68 Å². The molecular formula is C12H17BrF3N3O. The standard InChI is InChI=1S/C12H17BrF3N3O/c1-2-3-4-5-6-17-9-7-18-19(8-12(14,15)16)11(20)10(9)13/h7,17H,2-6,8H2,1H3. The number of aromatic nitrogens is 2. The van der Waals surface area contributed by atoms with Gasteiger partial charge in [-0.3, -0.25) is 4.79 Å². The quantitative estimate of drug-likeness (QED) is 0.760. The Kier molecular flexibility index (Phi) is 6.51. The summed E-state index contributed by atoms with van der Waals surface area (Å²) in [6.45, 7) is 1.37. The van der Waals surface area contributed by atoms with E-state index >= 15 is 0 Å². The number of rotatable bonds is 7. The zero-order valence-electron chi connectivity index (χ0n) is 11.1. The lowest BCUT2D eigenvalue weighted by molar-refractivity contribution is -0.143. The van der Waals surface area contributed by atoms with Crippen LogP contribution in [0.15, 0.2) is 15.5 Å². The van der Waals surface area contributed by atoms with Crippen molar-refractivity contribution in [3.8, 4) is 0 Å². The summed E-state index contributed by atoms with van der Waals surface area (Å²) in [5.74, 6) is 0. The van der Waals surface area contributed by atoms with E-state index in [1.807, 2.05) is 0 Å². The second-order valence-corrected chi connectivity index (χ2v) is 5.23. The van der Waals surface area contributed by atoms with Gasteiger partial charge >= 0.3 is 6.18 Å². The van der Waals surface area contributed by atoms with Crippen molar-refractivity contribution >= 4 is 21.6 Å². The van der Waals surface area contributed by atoms with Gasteiger partial charge in [-0.1, -0.05) is 26.2 Å². The Balaban J connectivity index is 2.67. The first-order valence-electron chi connectivity index (χ1n) is 6.41. The molecule has 0 saturated heterocycles. The summed E-state index contributed by atoms with van der Waals surface area (Å²) in [4.78, 5) is 11.7. The van der Waals surface area contributed by atoms with E-state index in [1.165, 1.54) is 6.20 Å². The van der Waals surface area contributed by atoms with Crippen molar-refractivity contribution in [3.05, 3.63) is 21.0 Å². The van der Waals surface area contributed by atoms with Crippen LogP contribution in [-0.2, 0) is 6.54 Å². The van der Waals surface area contributed by atoms with E-state index in [0.29, 0.717) is 16.9 Å². The maximum absolute atomic E-state index is 12.2. The highest BCUT2D eigenvalue weighted by Gasteiger charge is 2.29. The van der Waals surface area contributed by atoms with E-state index in [0.717, 1.165) is 25.7 Å². The molecule has 0 unspecified atom stereocenters. The third-order valence-corrected chi connectivity index (χ3v) is 3.43. The van der Waals surface area contributed by atoms with Crippen molar-refractivity contribution < 1.29 is 13.2 Å². The molecule has 114 valence electrons. The van der Waals surface area contributed by atoms with Crippen LogP contribution in [0.2, 0.25) is 0 Å². The Morgan fingerprint density at radius 2 is 2.05 bits per heavy atom. The lowest BCUT2D eigenvalue weighted by Gasteiger charge is -2.11. The largest absolute Gasteiger partial charge is 0.408 e. The van der Waals surface area contributed by atoms with Gasteiger partial charge in [0.15, 0.2) is 0 Å². The molecule has 0 aliphatic carbocycles. The highest BCUT2D eigenvalue weighted by molar-refractivity contribution is 9.10. The van der Waals surface area contributed by atoms with Crippen LogP contribution >= 0.6 is 15.9 Å². The number of unbranched alkanes of at least 4 members (excludes halogenated alkanes) is 3. The van der Waals surface area contributed by atoms with E-state index in [2.05, 4.69) is 33.3 Å². The molecule has 20 heavy (non-hydrogen) atoms. The predicted molar refractivity (Wildman–Crippen MR) is 74.9 cm³/mol. The van der Waals surface area contributed by atoms with Crippen LogP contribution < -0.4 is 10.9 Å². The summed E-state index contributed by atoms with van der Waals surface area (Å²) in [6, 6.07) is 0. The minimum absolute atomic E-state index is 0.0761. The summed E-state index contributed by atoms with van der Waals surface area (Å²) >= 11 is 3.02. The molecule has 0 amide bonds. The fraction of sp³-hybridized carbons (Fsp3) is 0.667. The van der Waals surface area contributed by atoms with Crippen molar-refractivity contribution in [2.75, 3.05) is 11.9 Å². The van der Waals surface area contributed by atoms with Gasteiger partial charge < -0.3 is 5.32 Å². The Bertz CT molecular complexity index is 488. The second kappa shape index (κ2) is 7.66. The average molecular weight is 356 g/mol. The molecule has 8 heteroatoms. The van der Waals surface area contributed by atoms with Crippen LogP contribution in [0.1, 0.15) is 32.6 Å². The number of nitrogens with zero attached hydrogens (tertiary/aromatic N) is 2. The lowest BCUT2D eigenvalue weighted by atomic mass is 10.2. The van der Waals surface area contributed by atoms with Gasteiger partial charge in [0.05, 0.1) is 11.9 Å². The highest BCUT2D eigenvalue weighted by Crippen LogP contribution is 2.19. The highest BCUT2D eigenvalue weighted by atomic mass is 79.9. The summed E-state index contributed by atoms with van der Waals surface area (Å²) in [7, 11) is 0. The van der Waals surface area contributed by atoms with Crippen molar-refractivity contribution in [1.82, 2.24) is 9.78 Å². The number of alkyl halides is 3. The summed E-state index contributed by atoms with van der Waals surface area (Å²) < 4.78 is 37.2. The van der Waals surface area contributed by atoms with E-state index in [-0.39, 0.29) is 4.47 Å². The van der Waals surface area contributed by atoms with Crippen LogP contribution in [-0.4, -0.2) is 22.5 Å². The van der Waals surface area contributed by atoms with Crippen LogP contribution in [0.3, 0.4) is 0 Å². The molecule has 0 aliphatic rings. The monoisotopic (exact) mass is 355 g/mol. The maximum atomic E-state index is 12.2. The molecule has 1 aromatic rings. The number of anilines is 1. The molecular weight excluding hydrogens is 339 g/mol. The maximum Gasteiger partial charge on any atom is 0.408 e. The molecule has 0 saturated carbocycles. The Labute approximate surface area is 123 Å². The third-order valence-electron chi connectivity index (χ3n) is 2.66. The van der Waals surface area contributed by atoms with Gasteiger partial charge in [-0.2, -0.15) is 18.3 Å². The molecule has 1 aromatic heterocycles. The molecule has 1 N–H and O–H groups in total. The second-order valence-electron chi connectivity index (χ2n) is 4.44. The van der Waals surface area contributed by atoms with Crippen molar-refractivity contribution in [2.24, 2.45) is 0 Å². The van der Waals surface area contributed by atoms with Crippen LogP contribution in [0.25, 0.3) is 0 Å². The SMILES string of the molecule is CCCCCCNc1cnn(CC(F)(F)F)c(=O)c1Br. The summed E-state index contributed by atoms with van der Waals surface area (Å²) in [5, 5.41) is 6.53. The topological polar surface area (TPSA) is 46.9 Å². The molecule has 0 spiro atoms. The van der Waals surface area contributed by atoms with Gasteiger partial charge in [0.25, 0.3) is 5.56 Å². The fourth-order valence-corrected chi connectivity index (χ4v) is 2.09. The number of hydrogen-bond donors (Lipinski definition) is 1. The van der Waals surface area contributed by atoms with Crippen LogP contribution in [0.5, 0.6) is 0 Å². The summed E-state index contributed by atoms with van der Waals surface area (Å²) in [6.07, 6.45) is 1.03. The van der Waals surface area contributed by atoms with Gasteiger partial charge in [0.1, 0.15) is 11.0 Å². The molecule has 1 heterocycles. The van der Waals surface area contributed by atoms with Gasteiger partial charge in [0, 0.05) is 6.54 Å². The zero-order chi connectivity index (χ0) is 15.2. The Hall–Kier alpha value is -1.05. The molecule has 0 radical (unpaired) electrons. The van der Waals surface area contributed by atoms with Gasteiger partial charge in [-0.05, 0) is 22.4 Å². The smallest absolute Gasteiger partial charge is 0.383 e. The average Bonchev–Trinajstić information content (AvgIpc) is 2.36. The first-order valence-corrected chi connectivity index (χ1v) is 7.20. The number of hydrogen-bond acceptors (Lipinski definition) is 3.